The lowest BCUT2D eigenvalue weighted by molar-refractivity contribution is -0.148. The first kappa shape index (κ1) is 100. The highest BCUT2D eigenvalue weighted by molar-refractivity contribution is 8.76. The van der Waals surface area contributed by atoms with Crippen molar-refractivity contribution in [3.05, 3.63) is 117 Å². The van der Waals surface area contributed by atoms with E-state index in [1.807, 2.05) is 29.6 Å². The Balaban J connectivity index is 0.666. The molecule has 129 heavy (non-hydrogen) atoms. The minimum absolute atomic E-state index is 0.0185. The van der Waals surface area contributed by atoms with Crippen molar-refractivity contribution in [1.82, 2.24) is 60.3 Å². The van der Waals surface area contributed by atoms with Crippen LogP contribution in [0, 0.1) is 24.7 Å². The van der Waals surface area contributed by atoms with E-state index in [2.05, 4.69) is 95.8 Å². The molecule has 2 aromatic carbocycles. The molecule has 11 rings (SSSR count). The van der Waals surface area contributed by atoms with E-state index in [1.54, 1.807) is 27.6 Å². The molecule has 0 saturated carbocycles. The number of amides is 9. The third-order valence-electron chi connectivity index (χ3n) is 24.2. The third-order valence-corrected chi connectivity index (χ3v) is 28.2. The van der Waals surface area contributed by atoms with Gasteiger partial charge in [0.2, 0.25) is 47.3 Å². The number of unbranched alkanes of at least 4 members (excludes halogenated alkanes) is 1. The predicted octanol–water partition coefficient (Wildman–Crippen LogP) is 7.96. The fraction of sp³-hybridized carbons (Fsp3) is 0.557. The number of nitrogens with two attached hydrogens (primary N) is 1. The van der Waals surface area contributed by atoms with Crippen LogP contribution in [0.25, 0.3) is 11.0 Å². The summed E-state index contributed by atoms with van der Waals surface area (Å²) in [7, 11) is 3.03. The quantitative estimate of drug-likeness (QED) is 0.00867. The van der Waals surface area contributed by atoms with Gasteiger partial charge in [0.1, 0.15) is 89.7 Å². The van der Waals surface area contributed by atoms with E-state index in [9.17, 15) is 82.8 Å². The molecule has 13 unspecified atom stereocenters. The van der Waals surface area contributed by atoms with Crippen molar-refractivity contribution in [3.8, 4) is 17.6 Å². The van der Waals surface area contributed by atoms with E-state index in [0.29, 0.717) is 78.7 Å². The van der Waals surface area contributed by atoms with Gasteiger partial charge >= 0.3 is 17.9 Å². The average molecular weight is 1880 g/mol. The molecule has 7 aliphatic rings. The van der Waals surface area contributed by atoms with Gasteiger partial charge in [-0.3, -0.25) is 66.2 Å². The lowest BCUT2D eigenvalue weighted by Gasteiger charge is -2.38. The number of aryl methyl sites for hydroxylation is 2. The lowest BCUT2D eigenvalue weighted by Crippen LogP contribution is -2.58. The number of likely N-dealkylation sites (tertiary alicyclic amines) is 4. The van der Waals surface area contributed by atoms with Gasteiger partial charge in [-0.1, -0.05) is 90.1 Å². The summed E-state index contributed by atoms with van der Waals surface area (Å²) in [6.07, 6.45) is 12.5. The van der Waals surface area contributed by atoms with E-state index in [-0.39, 0.29) is 163 Å². The molecule has 5 fully saturated rings. The number of aliphatic hydroxyl groups excluding tert-OH is 1. The molecule has 698 valence electrons. The second kappa shape index (κ2) is 48.6. The summed E-state index contributed by atoms with van der Waals surface area (Å²) >= 11 is 0. The van der Waals surface area contributed by atoms with Gasteiger partial charge in [-0.15, -0.1) is 0 Å². The van der Waals surface area contributed by atoms with Gasteiger partial charge in [0, 0.05) is 126 Å². The van der Waals surface area contributed by atoms with Gasteiger partial charge in [-0.05, 0) is 150 Å². The number of Topliss-reactive ketones (excluding diaryl/α,β-unsaturated/α-hetero) is 1. The van der Waals surface area contributed by atoms with Gasteiger partial charge in [-0.25, -0.2) is 14.8 Å². The maximum Gasteiger partial charge on any atom is 0.326 e. The molecule has 0 spiro atoms. The van der Waals surface area contributed by atoms with E-state index in [0.717, 1.165) is 58.6 Å². The van der Waals surface area contributed by atoms with Crippen LogP contribution in [0.2, 0.25) is 0 Å². The Hall–Kier alpha value is -9.50. The van der Waals surface area contributed by atoms with Crippen LogP contribution in [0.5, 0.6) is 5.75 Å². The van der Waals surface area contributed by atoms with Gasteiger partial charge in [-0.2, -0.15) is 0 Å². The zero-order chi connectivity index (χ0) is 92.5. The summed E-state index contributed by atoms with van der Waals surface area (Å²) in [6.45, 7) is 9.70. The minimum Gasteiger partial charge on any atom is -0.481 e. The molecule has 11 N–H and O–H groups in total. The largest absolute Gasteiger partial charge is 0.481 e. The summed E-state index contributed by atoms with van der Waals surface area (Å²) < 4.78 is 30.0. The van der Waals surface area contributed by atoms with Crippen molar-refractivity contribution in [2.45, 2.75) is 242 Å². The van der Waals surface area contributed by atoms with Crippen LogP contribution in [-0.4, -0.2) is 260 Å². The van der Waals surface area contributed by atoms with E-state index < -0.39 is 148 Å². The number of carboxylic acids is 3. The van der Waals surface area contributed by atoms with E-state index in [1.165, 1.54) is 48.2 Å². The molecule has 5 saturated heterocycles. The van der Waals surface area contributed by atoms with Crippen LogP contribution in [0.3, 0.4) is 0 Å². The Morgan fingerprint density at radius 2 is 1.40 bits per heavy atom. The number of allylic oxidation sites excluding steroid dienone is 5. The summed E-state index contributed by atoms with van der Waals surface area (Å²) in [6, 6.07) is 2.87. The van der Waals surface area contributed by atoms with Gasteiger partial charge in [0.15, 0.2) is 27.1 Å². The Kier molecular flexibility index (Phi) is 37.7. The van der Waals surface area contributed by atoms with Crippen molar-refractivity contribution in [1.29, 1.82) is 0 Å². The first-order valence-electron chi connectivity index (χ1n) is 43.9. The number of anilines is 1. The Morgan fingerprint density at radius 1 is 0.744 bits per heavy atom. The highest BCUT2D eigenvalue weighted by Gasteiger charge is 2.46. The molecule has 36 nitrogen and oxygen atoms in total. The average Bonchev–Trinajstić information content (AvgIpc) is 1.38. The second-order valence-corrected chi connectivity index (χ2v) is 38.2. The number of ether oxygens (including phenoxy) is 2. The number of aliphatic hydroxyl groups is 1. The van der Waals surface area contributed by atoms with Crippen molar-refractivity contribution in [2.75, 3.05) is 70.2 Å². The SMILES string of the molecule is CC/C=C1\C=C2Oc3cc(CCC)c(C)cc3C(c3ccccc3C(=O)N(C)CCCC(=O)N3CCCC3C(=O)N3CCCC3C(=O)NCCCCC(NC(=O)C3CCCN3C(=O)CCSSCCC(=O)CCC#Cc3cn([C@H]4CC(O)[C@@H](COPOPOPO)O4)c4ncnc(N)c34)C(=O)N3CCCC3C(=O)NC(CC(=O)O)C(=O)NC(CC(=O)O)C(=O)O)C2C=C1C. The molecular formula is C88H116N13O23P3S2. The molecule has 0 bridgehead atoms. The van der Waals surface area contributed by atoms with Crippen molar-refractivity contribution in [2.24, 2.45) is 5.92 Å². The highest BCUT2D eigenvalue weighted by Crippen LogP contribution is 2.51. The summed E-state index contributed by atoms with van der Waals surface area (Å²) in [5, 5.41) is 50.0. The number of ketones is 1. The molecule has 1 aliphatic carbocycles. The molecule has 15 atom stereocenters. The first-order valence-corrected chi connectivity index (χ1v) is 48.9. The molecular weight excluding hydrogens is 1760 g/mol. The Bertz CT molecular complexity index is 4950. The maximum absolute atomic E-state index is 15.0. The number of nitrogen functional groups attached to an aromatic ring is 1. The fourth-order valence-electron chi connectivity index (χ4n) is 17.8. The number of aromatic nitrogens is 3. The molecule has 0 radical (unpaired) electrons. The first-order chi connectivity index (χ1) is 62.1. The number of hydrogen-bond donors (Lipinski definition) is 10. The normalized spacial score (nSPS) is 21.8. The number of nitrogens with one attached hydrogen (secondary N) is 4. The minimum atomic E-state index is -1.99. The topological polar surface area (TPSA) is 490 Å². The number of carbonyl (C=O) groups is 13. The number of carbonyl (C=O) groups excluding carboxylic acids is 10. The van der Waals surface area contributed by atoms with Gasteiger partial charge < -0.3 is 95.4 Å². The molecule has 8 heterocycles. The molecule has 9 amide bonds. The number of aliphatic carboxylic acids is 3. The van der Waals surface area contributed by atoms with E-state index >= 15 is 0 Å². The zero-order valence-corrected chi connectivity index (χ0v) is 77.6. The van der Waals surface area contributed by atoms with Gasteiger partial charge in [0.05, 0.1) is 36.5 Å². The lowest BCUT2D eigenvalue weighted by atomic mass is 9.72. The number of rotatable bonds is 45. The molecule has 2 aromatic heterocycles. The van der Waals surface area contributed by atoms with Crippen molar-refractivity contribution >= 4 is 142 Å². The molecule has 6 aliphatic heterocycles. The van der Waals surface area contributed by atoms with Crippen LogP contribution in [0.4, 0.5) is 5.82 Å². The number of carboxylic acid groups (broad SMARTS) is 3. The zero-order valence-electron chi connectivity index (χ0n) is 73.0. The van der Waals surface area contributed by atoms with E-state index in [4.69, 9.17) is 33.2 Å². The smallest absolute Gasteiger partial charge is 0.326 e. The summed E-state index contributed by atoms with van der Waals surface area (Å²) in [5.41, 5.74) is 14.3. The van der Waals surface area contributed by atoms with Crippen LogP contribution in [0.15, 0.2) is 84.1 Å². The maximum atomic E-state index is 15.0. The Morgan fingerprint density at radius 3 is 2.11 bits per heavy atom. The summed E-state index contributed by atoms with van der Waals surface area (Å²) in [5.74, 6) is -1.78. The number of benzene rings is 2. The number of nitrogens with zero attached hydrogens (tertiary/aromatic N) is 8. The van der Waals surface area contributed by atoms with Crippen LogP contribution in [-0.2, 0) is 81.8 Å². The Labute approximate surface area is 761 Å². The predicted molar refractivity (Wildman–Crippen MR) is 485 cm³/mol. The molecule has 4 aromatic rings. The fourth-order valence-corrected chi connectivity index (χ4v) is 21.1. The van der Waals surface area contributed by atoms with Crippen LogP contribution < -0.4 is 31.7 Å². The van der Waals surface area contributed by atoms with Gasteiger partial charge in [0.25, 0.3) is 5.91 Å². The second-order valence-electron chi connectivity index (χ2n) is 33.0. The number of fused-ring (bicyclic) bond motifs is 3. The monoisotopic (exact) mass is 1880 g/mol. The van der Waals surface area contributed by atoms with Crippen molar-refractivity contribution < 1.29 is 110 Å². The van der Waals surface area contributed by atoms with Crippen LogP contribution in [0.1, 0.15) is 212 Å². The third kappa shape index (κ3) is 26.3. The number of hydrogen-bond acceptors (Lipinski definition) is 25. The highest BCUT2D eigenvalue weighted by atomic mass is 33.1. The standard InChI is InChI=1S/C88H116N13O23P3S2/c1-6-19-53-43-69-59(41-51(53)3)78(60-42-52(4)54(20-7-2)44-70(60)121-69)57-23-10-11-24-58(57)85(114)96(5)34-18-30-72(104)98-36-17-29-67(98)87(116)100-38-15-26-64(100)82(111)90-33-13-12-25-61(86(115)99-37-16-28-66(99)84(113)94-62(45-75(106)107)81(110)95-63(88(117)118)46-76(108)109)93-83(112)65-27-14-35-97(65)73(105)32-40-129-128-39-31-56(102)22-9-8-21-55-48-101(80-77(55)79(89)91-50-92-80)74-47-68(103)71(122-74)49-120-126-124-127-123-125-119/h10-11,19,23-24,41-44,48,50,59,61-68,71,74,78,103,119,125-127H,6-7,9,12-18,20,22,25-40,45-47,49H2,1-5H3,(H,90,111)(H,93,112)(H,94,113)(H,95,110)(H,106,107)(H,108,109)(H,117,118)(H2,89,91,92)/b53-19+/t59?,61?,62?,63?,64?,65?,66?,67?,68?,71-,74-,78?/m1/s1. The summed E-state index contributed by atoms with van der Waals surface area (Å²) in [4.78, 5) is 202. The van der Waals surface area contributed by atoms with Crippen molar-refractivity contribution in [3.63, 3.8) is 0 Å². The van der Waals surface area contributed by atoms with Crippen LogP contribution >= 0.6 is 48.7 Å². The molecule has 41 heteroatoms.